The smallest absolute Gasteiger partial charge is 0.0665 e. The number of benzene rings is 1. The number of hydrogen-bond acceptors (Lipinski definition) is 2. The van der Waals surface area contributed by atoms with Crippen LogP contribution in [0.4, 0.5) is 0 Å². The lowest BCUT2D eigenvalue weighted by Gasteiger charge is -2.19. The highest BCUT2D eigenvalue weighted by Crippen LogP contribution is 2.02. The molecule has 0 amide bonds. The molecule has 2 nitrogen and oxygen atoms in total. The van der Waals surface area contributed by atoms with Gasteiger partial charge < -0.3 is 10.4 Å². The van der Waals surface area contributed by atoms with Gasteiger partial charge in [0.2, 0.25) is 0 Å². The fourth-order valence-electron chi connectivity index (χ4n) is 1.50. The van der Waals surface area contributed by atoms with Crippen molar-refractivity contribution >= 4 is 0 Å². The standard InChI is InChI=1S/C12H19NO/c1-3-12(10(2)14)13-9-11-7-5-4-6-8-11/h4-8,10,12-14H,3,9H2,1-2H3/t10-,12?/m0/s1. The fourth-order valence-corrected chi connectivity index (χ4v) is 1.50. The molecule has 2 N–H and O–H groups in total. The van der Waals surface area contributed by atoms with Gasteiger partial charge in [-0.2, -0.15) is 0 Å². The Bertz CT molecular complexity index is 246. The van der Waals surface area contributed by atoms with Crippen LogP contribution >= 0.6 is 0 Å². The second-order valence-electron chi connectivity index (χ2n) is 3.62. The van der Waals surface area contributed by atoms with Gasteiger partial charge in [0.15, 0.2) is 0 Å². The summed E-state index contributed by atoms with van der Waals surface area (Å²) < 4.78 is 0. The van der Waals surface area contributed by atoms with Crippen LogP contribution in [0.25, 0.3) is 0 Å². The number of aliphatic hydroxyl groups excluding tert-OH is 1. The van der Waals surface area contributed by atoms with Gasteiger partial charge in [0.25, 0.3) is 0 Å². The van der Waals surface area contributed by atoms with E-state index in [9.17, 15) is 5.11 Å². The van der Waals surface area contributed by atoms with Gasteiger partial charge in [-0.3, -0.25) is 0 Å². The summed E-state index contributed by atoms with van der Waals surface area (Å²) in [5.41, 5.74) is 1.26. The van der Waals surface area contributed by atoms with E-state index in [4.69, 9.17) is 0 Å². The van der Waals surface area contributed by atoms with Gasteiger partial charge in [-0.15, -0.1) is 0 Å². The summed E-state index contributed by atoms with van der Waals surface area (Å²) in [5, 5.41) is 12.8. The molecule has 0 aliphatic carbocycles. The molecule has 0 radical (unpaired) electrons. The first-order valence-electron chi connectivity index (χ1n) is 5.19. The van der Waals surface area contributed by atoms with Gasteiger partial charge in [0.1, 0.15) is 0 Å². The van der Waals surface area contributed by atoms with Crippen LogP contribution in [0.3, 0.4) is 0 Å². The molecule has 1 aromatic carbocycles. The van der Waals surface area contributed by atoms with E-state index in [1.807, 2.05) is 25.1 Å². The van der Waals surface area contributed by atoms with Crippen molar-refractivity contribution < 1.29 is 5.11 Å². The van der Waals surface area contributed by atoms with Crippen LogP contribution in [-0.4, -0.2) is 17.3 Å². The Labute approximate surface area is 86.0 Å². The molecule has 0 saturated carbocycles. The predicted octanol–water partition coefficient (Wildman–Crippen LogP) is 1.94. The van der Waals surface area contributed by atoms with Crippen LogP contribution < -0.4 is 5.32 Å². The van der Waals surface area contributed by atoms with Gasteiger partial charge in [-0.25, -0.2) is 0 Å². The third kappa shape index (κ3) is 3.48. The van der Waals surface area contributed by atoms with Gasteiger partial charge in [-0.05, 0) is 18.9 Å². The molecule has 1 rings (SSSR count). The van der Waals surface area contributed by atoms with Gasteiger partial charge >= 0.3 is 0 Å². The molecule has 0 heterocycles. The molecule has 14 heavy (non-hydrogen) atoms. The molecule has 0 fully saturated rings. The molecule has 0 aliphatic rings. The number of aliphatic hydroxyl groups is 1. The van der Waals surface area contributed by atoms with E-state index < -0.39 is 0 Å². The lowest BCUT2D eigenvalue weighted by Crippen LogP contribution is -2.37. The number of hydrogen-bond donors (Lipinski definition) is 2. The zero-order valence-electron chi connectivity index (χ0n) is 8.90. The van der Waals surface area contributed by atoms with E-state index in [1.54, 1.807) is 0 Å². The third-order valence-electron chi connectivity index (χ3n) is 2.43. The van der Waals surface area contributed by atoms with Crippen molar-refractivity contribution in [1.29, 1.82) is 0 Å². The van der Waals surface area contributed by atoms with Gasteiger partial charge in [-0.1, -0.05) is 37.3 Å². The van der Waals surface area contributed by atoms with Crippen molar-refractivity contribution in [3.05, 3.63) is 35.9 Å². The second-order valence-corrected chi connectivity index (χ2v) is 3.62. The first-order chi connectivity index (χ1) is 6.74. The maximum absolute atomic E-state index is 9.43. The first-order valence-corrected chi connectivity index (χ1v) is 5.19. The molecule has 0 aromatic heterocycles. The molecule has 78 valence electrons. The Morgan fingerprint density at radius 1 is 1.29 bits per heavy atom. The predicted molar refractivity (Wildman–Crippen MR) is 59.0 cm³/mol. The van der Waals surface area contributed by atoms with E-state index in [0.717, 1.165) is 13.0 Å². The molecule has 0 saturated heterocycles. The van der Waals surface area contributed by atoms with Crippen molar-refractivity contribution in [2.45, 2.75) is 39.0 Å². The molecule has 2 heteroatoms. The van der Waals surface area contributed by atoms with Crippen molar-refractivity contribution in [1.82, 2.24) is 5.32 Å². The minimum Gasteiger partial charge on any atom is -0.392 e. The van der Waals surface area contributed by atoms with E-state index in [-0.39, 0.29) is 12.1 Å². The average Bonchev–Trinajstić information content (AvgIpc) is 2.20. The normalized spacial score (nSPS) is 15.1. The van der Waals surface area contributed by atoms with E-state index in [1.165, 1.54) is 5.56 Å². The third-order valence-corrected chi connectivity index (χ3v) is 2.43. The Hall–Kier alpha value is -0.860. The monoisotopic (exact) mass is 193 g/mol. The lowest BCUT2D eigenvalue weighted by atomic mass is 10.1. The van der Waals surface area contributed by atoms with Crippen molar-refractivity contribution in [3.63, 3.8) is 0 Å². The molecule has 0 spiro atoms. The van der Waals surface area contributed by atoms with Crippen LogP contribution in [0.5, 0.6) is 0 Å². The maximum atomic E-state index is 9.43. The Morgan fingerprint density at radius 3 is 2.43 bits per heavy atom. The molecular weight excluding hydrogens is 174 g/mol. The number of nitrogens with one attached hydrogen (secondary N) is 1. The minimum atomic E-state index is -0.288. The van der Waals surface area contributed by atoms with Crippen LogP contribution in [-0.2, 0) is 6.54 Å². The summed E-state index contributed by atoms with van der Waals surface area (Å²) >= 11 is 0. The Kier molecular flexibility index (Phi) is 4.63. The minimum absolute atomic E-state index is 0.190. The summed E-state index contributed by atoms with van der Waals surface area (Å²) in [6.07, 6.45) is 0.661. The number of rotatable bonds is 5. The van der Waals surface area contributed by atoms with Gasteiger partial charge in [0.05, 0.1) is 6.10 Å². The maximum Gasteiger partial charge on any atom is 0.0665 e. The van der Waals surface area contributed by atoms with E-state index in [2.05, 4.69) is 24.4 Å². The fraction of sp³-hybridized carbons (Fsp3) is 0.500. The highest BCUT2D eigenvalue weighted by atomic mass is 16.3. The van der Waals surface area contributed by atoms with Crippen molar-refractivity contribution in [2.75, 3.05) is 0 Å². The Morgan fingerprint density at radius 2 is 1.93 bits per heavy atom. The zero-order chi connectivity index (χ0) is 10.4. The van der Waals surface area contributed by atoms with Crippen LogP contribution in [0.15, 0.2) is 30.3 Å². The molecular formula is C12H19NO. The zero-order valence-corrected chi connectivity index (χ0v) is 8.90. The Balaban J connectivity index is 2.40. The van der Waals surface area contributed by atoms with Crippen LogP contribution in [0, 0.1) is 0 Å². The molecule has 1 unspecified atom stereocenters. The molecule has 0 bridgehead atoms. The first kappa shape index (κ1) is 11.2. The topological polar surface area (TPSA) is 32.3 Å². The highest BCUT2D eigenvalue weighted by Gasteiger charge is 2.10. The second kappa shape index (κ2) is 5.78. The average molecular weight is 193 g/mol. The quantitative estimate of drug-likeness (QED) is 0.749. The van der Waals surface area contributed by atoms with Crippen LogP contribution in [0.1, 0.15) is 25.8 Å². The van der Waals surface area contributed by atoms with E-state index >= 15 is 0 Å². The largest absolute Gasteiger partial charge is 0.392 e. The van der Waals surface area contributed by atoms with Gasteiger partial charge in [0, 0.05) is 12.6 Å². The highest BCUT2D eigenvalue weighted by molar-refractivity contribution is 5.14. The van der Waals surface area contributed by atoms with Crippen molar-refractivity contribution in [3.8, 4) is 0 Å². The summed E-state index contributed by atoms with van der Waals surface area (Å²) in [6.45, 7) is 4.73. The van der Waals surface area contributed by atoms with E-state index in [0.29, 0.717) is 0 Å². The lowest BCUT2D eigenvalue weighted by molar-refractivity contribution is 0.142. The summed E-state index contributed by atoms with van der Waals surface area (Å²) in [4.78, 5) is 0. The summed E-state index contributed by atoms with van der Waals surface area (Å²) in [6, 6.07) is 10.4. The molecule has 0 aliphatic heterocycles. The summed E-state index contributed by atoms with van der Waals surface area (Å²) in [7, 11) is 0. The van der Waals surface area contributed by atoms with Crippen LogP contribution in [0.2, 0.25) is 0 Å². The van der Waals surface area contributed by atoms with Crippen molar-refractivity contribution in [2.24, 2.45) is 0 Å². The molecule has 2 atom stereocenters. The SMILES string of the molecule is CCC(NCc1ccccc1)[C@H](C)O. The summed E-state index contributed by atoms with van der Waals surface area (Å²) in [5.74, 6) is 0. The molecule has 1 aromatic rings.